The third-order valence-corrected chi connectivity index (χ3v) is 8.85. The summed E-state index contributed by atoms with van der Waals surface area (Å²) in [7, 11) is 0. The van der Waals surface area contributed by atoms with Crippen molar-refractivity contribution in [1.82, 2.24) is 14.8 Å². The van der Waals surface area contributed by atoms with Crippen molar-refractivity contribution in [2.45, 2.75) is 73.1 Å². The van der Waals surface area contributed by atoms with E-state index in [1.165, 1.54) is 33.4 Å². The van der Waals surface area contributed by atoms with Crippen LogP contribution in [0.3, 0.4) is 0 Å². The highest BCUT2D eigenvalue weighted by atomic mass is 15.3. The van der Waals surface area contributed by atoms with E-state index in [1.807, 2.05) is 0 Å². The highest BCUT2D eigenvalue weighted by Gasteiger charge is 2.40. The van der Waals surface area contributed by atoms with Gasteiger partial charge in [0, 0.05) is 11.0 Å². The zero-order valence-corrected chi connectivity index (χ0v) is 26.1. The molecule has 5 aromatic rings. The average molecular weight is 542 g/mol. The molecule has 4 aromatic carbocycles. The molecule has 0 N–H and O–H groups in total. The van der Waals surface area contributed by atoms with Crippen molar-refractivity contribution in [2.75, 3.05) is 0 Å². The van der Waals surface area contributed by atoms with E-state index >= 15 is 0 Å². The molecule has 0 aliphatic rings. The Hall–Kier alpha value is -3.98. The number of benzene rings is 4. The number of aryl methyl sites for hydroxylation is 1. The molecule has 0 bridgehead atoms. The van der Waals surface area contributed by atoms with Crippen molar-refractivity contribution in [3.05, 3.63) is 114 Å². The lowest BCUT2D eigenvalue weighted by Crippen LogP contribution is -2.36. The van der Waals surface area contributed by atoms with E-state index in [2.05, 4.69) is 164 Å². The fourth-order valence-electron chi connectivity index (χ4n) is 5.16. The maximum absolute atomic E-state index is 4.88. The van der Waals surface area contributed by atoms with Crippen LogP contribution in [0.5, 0.6) is 0 Å². The van der Waals surface area contributed by atoms with Crippen molar-refractivity contribution < 1.29 is 0 Å². The Kier molecular flexibility index (Phi) is 7.27. The molecule has 0 radical (unpaired) electrons. The third-order valence-electron chi connectivity index (χ3n) is 8.85. The second kappa shape index (κ2) is 10.4. The summed E-state index contributed by atoms with van der Waals surface area (Å²) in [5, 5.41) is 9.72. The smallest absolute Gasteiger partial charge is 0.168 e. The molecule has 0 amide bonds. The zero-order valence-electron chi connectivity index (χ0n) is 26.1. The molecule has 0 spiro atoms. The van der Waals surface area contributed by atoms with Gasteiger partial charge in [-0.15, -0.1) is 10.2 Å². The summed E-state index contributed by atoms with van der Waals surface area (Å²) in [6.45, 7) is 20.3. The summed E-state index contributed by atoms with van der Waals surface area (Å²) < 4.78 is 2.29. The van der Waals surface area contributed by atoms with Gasteiger partial charge in [0.1, 0.15) is 5.82 Å². The molecule has 0 atom stereocenters. The molecule has 0 unspecified atom stereocenters. The minimum Gasteiger partial charge on any atom is -0.278 e. The van der Waals surface area contributed by atoms with E-state index in [0.717, 1.165) is 22.9 Å². The fraction of sp³-hybridized carbons (Fsp3) is 0.316. The first kappa shape index (κ1) is 28.5. The lowest BCUT2D eigenvalue weighted by molar-refractivity contribution is 0.211. The van der Waals surface area contributed by atoms with Gasteiger partial charge in [-0.25, -0.2) is 0 Å². The van der Waals surface area contributed by atoms with E-state index in [1.54, 1.807) is 0 Å². The van der Waals surface area contributed by atoms with Crippen LogP contribution in [0.2, 0.25) is 0 Å². The molecular formula is C38H43N3. The average Bonchev–Trinajstić information content (AvgIpc) is 3.38. The number of rotatable bonds is 5. The van der Waals surface area contributed by atoms with Crippen molar-refractivity contribution in [2.24, 2.45) is 5.41 Å². The normalized spacial score (nSPS) is 12.5. The van der Waals surface area contributed by atoms with Gasteiger partial charge in [-0.2, -0.15) is 0 Å². The monoisotopic (exact) mass is 541 g/mol. The Morgan fingerprint density at radius 3 is 1.71 bits per heavy atom. The van der Waals surface area contributed by atoms with E-state index in [-0.39, 0.29) is 16.2 Å². The molecule has 1 heterocycles. The predicted molar refractivity (Wildman–Crippen MR) is 174 cm³/mol. The standard InChI is InChI=1S/C38H43N3/c1-26-24-30(28-18-21-32(22-19-28)36(2,3)4)20-23-33(26)41-34(39-40-35(41)38(8,9)37(5,6)7)31-17-13-16-29(25-31)27-14-11-10-12-15-27/h10-25H,1-9H3. The molecule has 0 saturated carbocycles. The second-order valence-electron chi connectivity index (χ2n) is 13.8. The van der Waals surface area contributed by atoms with Gasteiger partial charge < -0.3 is 0 Å². The van der Waals surface area contributed by atoms with E-state index < -0.39 is 0 Å². The van der Waals surface area contributed by atoms with Gasteiger partial charge in [0.15, 0.2) is 5.82 Å². The molecular weight excluding hydrogens is 498 g/mol. The van der Waals surface area contributed by atoms with Crippen LogP contribution in [0.15, 0.2) is 97.1 Å². The summed E-state index contributed by atoms with van der Waals surface area (Å²) in [4.78, 5) is 0. The van der Waals surface area contributed by atoms with Crippen LogP contribution in [-0.2, 0) is 10.8 Å². The number of aromatic nitrogens is 3. The molecule has 210 valence electrons. The molecule has 3 heteroatoms. The highest BCUT2D eigenvalue weighted by molar-refractivity contribution is 5.72. The van der Waals surface area contributed by atoms with Crippen LogP contribution in [0.1, 0.15) is 72.3 Å². The molecule has 0 aliphatic carbocycles. The summed E-state index contributed by atoms with van der Waals surface area (Å²) in [6, 6.07) is 34.9. The van der Waals surface area contributed by atoms with Crippen LogP contribution in [0.4, 0.5) is 0 Å². The van der Waals surface area contributed by atoms with Crippen molar-refractivity contribution in [3.63, 3.8) is 0 Å². The van der Waals surface area contributed by atoms with E-state index in [0.29, 0.717) is 0 Å². The van der Waals surface area contributed by atoms with Gasteiger partial charge in [0.05, 0.1) is 5.69 Å². The number of hydrogen-bond acceptors (Lipinski definition) is 2. The Bertz CT molecular complexity index is 1660. The molecule has 0 fully saturated rings. The third kappa shape index (κ3) is 5.51. The topological polar surface area (TPSA) is 30.7 Å². The minimum atomic E-state index is -0.233. The minimum absolute atomic E-state index is 0.0242. The van der Waals surface area contributed by atoms with Gasteiger partial charge >= 0.3 is 0 Å². The van der Waals surface area contributed by atoms with Crippen LogP contribution in [0.25, 0.3) is 39.3 Å². The summed E-state index contributed by atoms with van der Waals surface area (Å²) in [6.07, 6.45) is 0. The molecule has 0 saturated heterocycles. The molecule has 5 rings (SSSR count). The van der Waals surface area contributed by atoms with Gasteiger partial charge in [0.2, 0.25) is 0 Å². The van der Waals surface area contributed by atoms with Gasteiger partial charge in [-0.3, -0.25) is 4.57 Å². The highest BCUT2D eigenvalue weighted by Crippen LogP contribution is 2.43. The molecule has 3 nitrogen and oxygen atoms in total. The SMILES string of the molecule is Cc1cc(-c2ccc(C(C)(C)C)cc2)ccc1-n1c(-c2cccc(-c3ccccc3)c2)nnc1C(C)(C)C(C)(C)C. The van der Waals surface area contributed by atoms with Crippen molar-refractivity contribution in [1.29, 1.82) is 0 Å². The van der Waals surface area contributed by atoms with E-state index in [9.17, 15) is 0 Å². The fourth-order valence-corrected chi connectivity index (χ4v) is 5.16. The predicted octanol–water partition coefficient (Wildman–Crippen LogP) is 10.2. The van der Waals surface area contributed by atoms with Gasteiger partial charge in [-0.05, 0) is 69.3 Å². The van der Waals surface area contributed by atoms with Crippen LogP contribution in [0, 0.1) is 12.3 Å². The largest absolute Gasteiger partial charge is 0.278 e. The van der Waals surface area contributed by atoms with Crippen LogP contribution >= 0.6 is 0 Å². The van der Waals surface area contributed by atoms with E-state index in [4.69, 9.17) is 10.2 Å². The quantitative estimate of drug-likeness (QED) is 0.222. The Morgan fingerprint density at radius 1 is 0.537 bits per heavy atom. The van der Waals surface area contributed by atoms with Crippen molar-refractivity contribution in [3.8, 4) is 39.3 Å². The lowest BCUT2D eigenvalue weighted by Gasteiger charge is -2.38. The van der Waals surface area contributed by atoms with Gasteiger partial charge in [-0.1, -0.05) is 134 Å². The van der Waals surface area contributed by atoms with Crippen LogP contribution in [-0.4, -0.2) is 14.8 Å². The molecule has 1 aromatic heterocycles. The van der Waals surface area contributed by atoms with Gasteiger partial charge in [0.25, 0.3) is 0 Å². The first-order chi connectivity index (χ1) is 19.3. The maximum Gasteiger partial charge on any atom is 0.168 e. The molecule has 0 aliphatic heterocycles. The number of nitrogens with zero attached hydrogens (tertiary/aromatic N) is 3. The first-order valence-corrected chi connectivity index (χ1v) is 14.6. The number of hydrogen-bond donors (Lipinski definition) is 0. The summed E-state index contributed by atoms with van der Waals surface area (Å²) in [5.74, 6) is 1.83. The maximum atomic E-state index is 4.88. The Balaban J connectivity index is 1.65. The second-order valence-corrected chi connectivity index (χ2v) is 13.8. The Labute approximate surface area is 246 Å². The zero-order chi connectivity index (χ0) is 29.6. The summed E-state index contributed by atoms with van der Waals surface area (Å²) in [5.41, 5.74) is 9.36. The molecule has 41 heavy (non-hydrogen) atoms. The summed E-state index contributed by atoms with van der Waals surface area (Å²) >= 11 is 0. The lowest BCUT2D eigenvalue weighted by atomic mass is 9.68. The Morgan fingerprint density at radius 2 is 1.10 bits per heavy atom. The van der Waals surface area contributed by atoms with Crippen molar-refractivity contribution >= 4 is 0 Å². The first-order valence-electron chi connectivity index (χ1n) is 14.6. The van der Waals surface area contributed by atoms with Crippen LogP contribution < -0.4 is 0 Å².